The van der Waals surface area contributed by atoms with Crippen molar-refractivity contribution >= 4 is 61.7 Å². The van der Waals surface area contributed by atoms with Crippen LogP contribution in [0.15, 0.2) is 107 Å². The van der Waals surface area contributed by atoms with E-state index in [1.54, 1.807) is 67.7 Å². The van der Waals surface area contributed by atoms with Crippen molar-refractivity contribution in [2.75, 3.05) is 5.32 Å². The maximum atomic E-state index is 13.9. The first-order valence-corrected chi connectivity index (χ1v) is 15.2. The molecule has 0 saturated carbocycles. The van der Waals surface area contributed by atoms with Crippen LogP contribution in [0.3, 0.4) is 0 Å². The molecule has 5 aromatic carbocycles. The molecule has 2 aliphatic carbocycles. The van der Waals surface area contributed by atoms with Gasteiger partial charge in [0.15, 0.2) is 22.8 Å². The zero-order valence-electron chi connectivity index (χ0n) is 25.1. The number of aromatic nitrogens is 2. The molecule has 2 N–H and O–H groups in total. The van der Waals surface area contributed by atoms with Gasteiger partial charge in [-0.25, -0.2) is 0 Å². The molecule has 0 unspecified atom stereocenters. The number of carbonyl (C=O) groups is 4. The minimum Gasteiger partial charge on any atom is -0.354 e. The van der Waals surface area contributed by atoms with Gasteiger partial charge >= 0.3 is 0 Å². The van der Waals surface area contributed by atoms with Crippen LogP contribution in [0.1, 0.15) is 58.1 Å². The van der Waals surface area contributed by atoms with Gasteiger partial charge in [0, 0.05) is 62.6 Å². The highest BCUT2D eigenvalue weighted by Gasteiger charge is 2.32. The summed E-state index contributed by atoms with van der Waals surface area (Å²) in [4.78, 5) is 84.2. The predicted molar refractivity (Wildman–Crippen MR) is 181 cm³/mol. The van der Waals surface area contributed by atoms with Crippen molar-refractivity contribution in [2.45, 2.75) is 0 Å². The maximum Gasteiger partial charge on any atom is 0.255 e. The highest BCUT2D eigenvalue weighted by Crippen LogP contribution is 2.41. The minimum absolute atomic E-state index is 0.144. The van der Waals surface area contributed by atoms with Gasteiger partial charge in [0.1, 0.15) is 0 Å². The molecule has 0 radical (unpaired) electrons. The van der Waals surface area contributed by atoms with Gasteiger partial charge < -0.3 is 14.9 Å². The van der Waals surface area contributed by atoms with Crippen LogP contribution in [0.4, 0.5) is 5.69 Å². The molecule has 0 spiro atoms. The van der Waals surface area contributed by atoms with Crippen LogP contribution in [0, 0.1) is 0 Å². The Labute approximate surface area is 270 Å². The number of anilines is 1. The van der Waals surface area contributed by atoms with Gasteiger partial charge in [-0.2, -0.15) is 0 Å². The first-order chi connectivity index (χ1) is 23.2. The minimum atomic E-state index is -0.548. The molecule has 48 heavy (non-hydrogen) atoms. The highest BCUT2D eigenvalue weighted by molar-refractivity contribution is 6.32. The number of fused-ring (bicyclic) bond motifs is 7. The molecule has 9 heteroatoms. The van der Waals surface area contributed by atoms with E-state index in [-0.39, 0.29) is 72.7 Å². The monoisotopic (exact) mass is 627 g/mol. The van der Waals surface area contributed by atoms with Gasteiger partial charge in [0.25, 0.3) is 11.5 Å². The lowest BCUT2D eigenvalue weighted by atomic mass is 9.82. The van der Waals surface area contributed by atoms with E-state index in [1.165, 1.54) is 34.9 Å². The third-order valence-corrected chi connectivity index (χ3v) is 9.47. The topological polar surface area (TPSA) is 135 Å². The molecule has 2 aromatic heterocycles. The van der Waals surface area contributed by atoms with Crippen LogP contribution in [0.25, 0.3) is 43.8 Å². The van der Waals surface area contributed by atoms with Crippen LogP contribution in [-0.2, 0) is 7.05 Å². The van der Waals surface area contributed by atoms with Crippen LogP contribution in [0.5, 0.6) is 0 Å². The normalized spacial score (nSPS) is 13.1. The smallest absolute Gasteiger partial charge is 0.255 e. The van der Waals surface area contributed by atoms with Crippen molar-refractivity contribution in [1.82, 2.24) is 9.55 Å². The van der Waals surface area contributed by atoms with Crippen molar-refractivity contribution in [2.24, 2.45) is 7.05 Å². The number of carbonyl (C=O) groups excluding carboxylic acids is 4. The summed E-state index contributed by atoms with van der Waals surface area (Å²) in [7, 11) is 1.63. The number of rotatable bonds is 2. The molecule has 0 atom stereocenters. The fourth-order valence-electron chi connectivity index (χ4n) is 7.12. The van der Waals surface area contributed by atoms with Crippen LogP contribution < -0.4 is 16.3 Å². The molecule has 9 rings (SSSR count). The second kappa shape index (κ2) is 9.63. The average Bonchev–Trinajstić information content (AvgIpc) is 3.11. The van der Waals surface area contributed by atoms with Crippen molar-refractivity contribution in [3.05, 3.63) is 157 Å². The Morgan fingerprint density at radius 2 is 1.29 bits per heavy atom. The van der Waals surface area contributed by atoms with Crippen molar-refractivity contribution < 1.29 is 19.2 Å². The summed E-state index contributed by atoms with van der Waals surface area (Å²) < 4.78 is 1.47. The second-order valence-electron chi connectivity index (χ2n) is 12.0. The summed E-state index contributed by atoms with van der Waals surface area (Å²) in [6, 6.07) is 26.0. The lowest BCUT2D eigenvalue weighted by Gasteiger charge is -2.23. The number of pyridine rings is 2. The number of aryl methyl sites for hydroxylation is 1. The quantitative estimate of drug-likeness (QED) is 0.234. The van der Waals surface area contributed by atoms with Crippen molar-refractivity contribution in [3.63, 3.8) is 0 Å². The second-order valence-corrected chi connectivity index (χ2v) is 12.0. The number of hydrogen-bond acceptors (Lipinski definition) is 6. The number of amides is 1. The first-order valence-electron chi connectivity index (χ1n) is 15.2. The van der Waals surface area contributed by atoms with E-state index >= 15 is 0 Å². The van der Waals surface area contributed by atoms with Crippen LogP contribution in [0.2, 0.25) is 0 Å². The van der Waals surface area contributed by atoms with E-state index in [9.17, 15) is 28.8 Å². The van der Waals surface area contributed by atoms with Gasteiger partial charge in [-0.1, -0.05) is 48.5 Å². The summed E-state index contributed by atoms with van der Waals surface area (Å²) in [5.41, 5.74) is 3.94. The summed E-state index contributed by atoms with van der Waals surface area (Å²) in [6.45, 7) is 0. The largest absolute Gasteiger partial charge is 0.354 e. The lowest BCUT2D eigenvalue weighted by molar-refractivity contribution is 0.0980. The van der Waals surface area contributed by atoms with Crippen LogP contribution >= 0.6 is 0 Å². The summed E-state index contributed by atoms with van der Waals surface area (Å²) >= 11 is 0. The highest BCUT2D eigenvalue weighted by atomic mass is 16.2. The Kier molecular flexibility index (Phi) is 5.53. The molecule has 1 amide bonds. The Morgan fingerprint density at radius 3 is 2.04 bits per heavy atom. The fraction of sp³-hybridized carbons (Fsp3) is 0.0256. The number of benzene rings is 5. The van der Waals surface area contributed by atoms with E-state index in [4.69, 9.17) is 0 Å². The third-order valence-electron chi connectivity index (χ3n) is 9.47. The Hall–Kier alpha value is -6.74. The van der Waals surface area contributed by atoms with Gasteiger partial charge in [-0.05, 0) is 53.6 Å². The molecule has 0 aliphatic heterocycles. The SMILES string of the molecule is Cn1c(=O)cc2c3c(c(NC(=O)c4ccc5[nH]c6c7c(ccc6c(=O)c5c4)C(=O)c4ccccc4C7=O)ccc31)C(=O)c1ccccc1-2. The van der Waals surface area contributed by atoms with Gasteiger partial charge in [-0.15, -0.1) is 0 Å². The number of ketones is 3. The van der Waals surface area contributed by atoms with Gasteiger partial charge in [0.05, 0.1) is 27.8 Å². The Balaban J connectivity index is 1.16. The molecular formula is C39H21N3O6. The number of aromatic amines is 1. The molecule has 2 aliphatic rings. The summed E-state index contributed by atoms with van der Waals surface area (Å²) in [5, 5.41) is 3.86. The number of nitrogens with one attached hydrogen (secondary N) is 2. The van der Waals surface area contributed by atoms with Crippen molar-refractivity contribution in [3.8, 4) is 11.1 Å². The third kappa shape index (κ3) is 3.61. The van der Waals surface area contributed by atoms with Gasteiger partial charge in [-0.3, -0.25) is 28.8 Å². The zero-order valence-corrected chi connectivity index (χ0v) is 25.1. The van der Waals surface area contributed by atoms with E-state index in [2.05, 4.69) is 10.3 Å². The molecule has 0 saturated heterocycles. The van der Waals surface area contributed by atoms with Crippen molar-refractivity contribution in [1.29, 1.82) is 0 Å². The zero-order chi connectivity index (χ0) is 33.0. The van der Waals surface area contributed by atoms with E-state index in [0.717, 1.165) is 0 Å². The molecule has 228 valence electrons. The Bertz CT molecular complexity index is 2840. The molecule has 2 heterocycles. The van der Waals surface area contributed by atoms with E-state index in [1.807, 2.05) is 6.07 Å². The standard InChI is InChI=1S/C39H21N3O6/c1-42-29-15-14-28(33-31(29)25(17-30(42)43)19-6-2-3-7-20(19)38(33)47)41-39(48)18-10-13-27-26(16-18)36(45)24-12-11-23-32(34(24)40-27)37(46)22-9-5-4-8-21(22)35(23)44/h2-17H,1H3,(H,40,45)(H,41,48). The molecular weight excluding hydrogens is 606 g/mol. The summed E-state index contributed by atoms with van der Waals surface area (Å²) in [6.07, 6.45) is 0. The molecule has 0 fully saturated rings. The maximum absolute atomic E-state index is 13.9. The lowest BCUT2D eigenvalue weighted by Crippen LogP contribution is -2.23. The number of hydrogen-bond donors (Lipinski definition) is 2. The number of nitrogens with zero attached hydrogens (tertiary/aromatic N) is 1. The fourth-order valence-corrected chi connectivity index (χ4v) is 7.12. The summed E-state index contributed by atoms with van der Waals surface area (Å²) in [5.74, 6) is -1.47. The molecule has 0 bridgehead atoms. The average molecular weight is 628 g/mol. The Morgan fingerprint density at radius 1 is 0.625 bits per heavy atom. The molecule has 7 aromatic rings. The first kappa shape index (κ1) is 27.6. The van der Waals surface area contributed by atoms with E-state index < -0.39 is 11.3 Å². The predicted octanol–water partition coefficient (Wildman–Crippen LogP) is 5.77. The number of H-pyrrole nitrogens is 1. The van der Waals surface area contributed by atoms with Gasteiger partial charge in [0.2, 0.25) is 0 Å². The van der Waals surface area contributed by atoms with Crippen LogP contribution in [-0.4, -0.2) is 32.8 Å². The molecule has 9 nitrogen and oxygen atoms in total. The van der Waals surface area contributed by atoms with E-state index in [0.29, 0.717) is 38.7 Å².